The van der Waals surface area contributed by atoms with Crippen LogP contribution in [0.5, 0.6) is 0 Å². The molecule has 0 saturated carbocycles. The van der Waals surface area contributed by atoms with Crippen LogP contribution in [0.4, 0.5) is 0 Å². The standard InChI is InChI=1S/C25H40N4O5S/c1-6-16(4)21(24(32)27-19(25(33)34)14-17-10-8-7-9-11-17)29-23(31)20(15(2)3)28-22(30)18(26)12-13-35-5/h7-11,15-16,18-21H,6,12-14,26H2,1-5H3,(H,27,32)(H,28,30)(H,29,31)(H,33,34). The van der Waals surface area contributed by atoms with E-state index in [4.69, 9.17) is 5.73 Å². The Morgan fingerprint density at radius 3 is 2.03 bits per heavy atom. The topological polar surface area (TPSA) is 151 Å². The maximum atomic E-state index is 13.1. The summed E-state index contributed by atoms with van der Waals surface area (Å²) in [5, 5.41) is 17.7. The van der Waals surface area contributed by atoms with Crippen molar-refractivity contribution in [2.45, 2.75) is 71.1 Å². The molecule has 10 heteroatoms. The fourth-order valence-electron chi connectivity index (χ4n) is 3.43. The van der Waals surface area contributed by atoms with E-state index in [1.54, 1.807) is 56.8 Å². The lowest BCUT2D eigenvalue weighted by atomic mass is 9.95. The zero-order valence-electron chi connectivity index (χ0n) is 21.2. The minimum atomic E-state index is -1.16. The van der Waals surface area contributed by atoms with Crippen molar-refractivity contribution in [2.75, 3.05) is 12.0 Å². The Labute approximate surface area is 212 Å². The summed E-state index contributed by atoms with van der Waals surface area (Å²) in [4.78, 5) is 50.6. The van der Waals surface area contributed by atoms with Gasteiger partial charge < -0.3 is 26.8 Å². The molecular weight excluding hydrogens is 468 g/mol. The third kappa shape index (κ3) is 10.3. The molecule has 35 heavy (non-hydrogen) atoms. The molecule has 5 unspecified atom stereocenters. The molecule has 196 valence electrons. The molecule has 0 aliphatic rings. The van der Waals surface area contributed by atoms with Crippen LogP contribution in [0.1, 0.15) is 46.1 Å². The van der Waals surface area contributed by atoms with Crippen LogP contribution in [0.2, 0.25) is 0 Å². The molecule has 0 spiro atoms. The van der Waals surface area contributed by atoms with Crippen molar-refractivity contribution in [3.8, 4) is 0 Å². The molecular formula is C25H40N4O5S. The van der Waals surface area contributed by atoms with Crippen LogP contribution in [0.25, 0.3) is 0 Å². The Bertz CT molecular complexity index is 836. The summed E-state index contributed by atoms with van der Waals surface area (Å²) in [5.74, 6) is -2.48. The number of rotatable bonds is 15. The van der Waals surface area contributed by atoms with Gasteiger partial charge in [-0.05, 0) is 35.8 Å². The number of aliphatic carboxylic acids is 1. The lowest BCUT2D eigenvalue weighted by molar-refractivity contribution is -0.142. The van der Waals surface area contributed by atoms with Crippen molar-refractivity contribution < 1.29 is 24.3 Å². The van der Waals surface area contributed by atoms with Gasteiger partial charge in [-0.25, -0.2) is 4.79 Å². The van der Waals surface area contributed by atoms with Crippen LogP contribution in [0.3, 0.4) is 0 Å². The van der Waals surface area contributed by atoms with E-state index >= 15 is 0 Å². The number of hydrogen-bond donors (Lipinski definition) is 5. The molecule has 1 rings (SSSR count). The van der Waals surface area contributed by atoms with Crippen LogP contribution in [0, 0.1) is 11.8 Å². The van der Waals surface area contributed by atoms with Crippen molar-refractivity contribution in [2.24, 2.45) is 17.6 Å². The third-order valence-electron chi connectivity index (χ3n) is 5.91. The molecule has 0 heterocycles. The quantitative estimate of drug-likeness (QED) is 0.241. The van der Waals surface area contributed by atoms with E-state index in [9.17, 15) is 24.3 Å². The van der Waals surface area contributed by atoms with Crippen LogP contribution in [-0.4, -0.2) is 65.0 Å². The van der Waals surface area contributed by atoms with E-state index in [0.717, 1.165) is 11.3 Å². The number of carboxylic acid groups (broad SMARTS) is 1. The smallest absolute Gasteiger partial charge is 0.326 e. The predicted octanol–water partition coefficient (Wildman–Crippen LogP) is 1.55. The van der Waals surface area contributed by atoms with Gasteiger partial charge in [-0.1, -0.05) is 64.4 Å². The SMILES string of the molecule is CCC(C)C(NC(=O)C(NC(=O)C(N)CCSC)C(C)C)C(=O)NC(Cc1ccccc1)C(=O)O. The first-order valence-electron chi connectivity index (χ1n) is 11.9. The predicted molar refractivity (Wildman–Crippen MR) is 139 cm³/mol. The van der Waals surface area contributed by atoms with Gasteiger partial charge in [0.25, 0.3) is 0 Å². The highest BCUT2D eigenvalue weighted by molar-refractivity contribution is 7.98. The number of carbonyl (C=O) groups excluding carboxylic acids is 3. The summed E-state index contributed by atoms with van der Waals surface area (Å²) >= 11 is 1.58. The monoisotopic (exact) mass is 508 g/mol. The van der Waals surface area contributed by atoms with Gasteiger partial charge in [0.15, 0.2) is 0 Å². The second-order valence-electron chi connectivity index (χ2n) is 9.08. The van der Waals surface area contributed by atoms with Gasteiger partial charge in [-0.2, -0.15) is 11.8 Å². The normalized spacial score (nSPS) is 15.4. The summed E-state index contributed by atoms with van der Waals surface area (Å²) < 4.78 is 0. The molecule has 6 N–H and O–H groups in total. The van der Waals surface area contributed by atoms with Gasteiger partial charge >= 0.3 is 5.97 Å². The average molecular weight is 509 g/mol. The average Bonchev–Trinajstić information content (AvgIpc) is 2.83. The largest absolute Gasteiger partial charge is 0.480 e. The van der Waals surface area contributed by atoms with E-state index in [1.165, 1.54) is 0 Å². The second kappa shape index (κ2) is 15.4. The Morgan fingerprint density at radius 2 is 1.51 bits per heavy atom. The number of carbonyl (C=O) groups is 4. The molecule has 0 aliphatic heterocycles. The van der Waals surface area contributed by atoms with Gasteiger partial charge in [0.2, 0.25) is 17.7 Å². The fourth-order valence-corrected chi connectivity index (χ4v) is 3.92. The lowest BCUT2D eigenvalue weighted by Crippen LogP contribution is -2.60. The van der Waals surface area contributed by atoms with Gasteiger partial charge in [0, 0.05) is 6.42 Å². The zero-order chi connectivity index (χ0) is 26.5. The summed E-state index contributed by atoms with van der Waals surface area (Å²) in [6, 6.07) is 5.26. The van der Waals surface area contributed by atoms with Gasteiger partial charge in [-0.15, -0.1) is 0 Å². The highest BCUT2D eigenvalue weighted by Gasteiger charge is 2.33. The summed E-state index contributed by atoms with van der Waals surface area (Å²) in [7, 11) is 0. The molecule has 9 nitrogen and oxygen atoms in total. The van der Waals surface area contributed by atoms with E-state index in [0.29, 0.717) is 12.8 Å². The van der Waals surface area contributed by atoms with Gasteiger partial charge in [0.1, 0.15) is 18.1 Å². The molecule has 0 fully saturated rings. The molecule has 0 radical (unpaired) electrons. The fraction of sp³-hybridized carbons (Fsp3) is 0.600. The van der Waals surface area contributed by atoms with Gasteiger partial charge in [-0.3, -0.25) is 14.4 Å². The van der Waals surface area contributed by atoms with Crippen molar-refractivity contribution in [1.29, 1.82) is 0 Å². The van der Waals surface area contributed by atoms with E-state index in [-0.39, 0.29) is 18.3 Å². The minimum Gasteiger partial charge on any atom is -0.480 e. The van der Waals surface area contributed by atoms with Crippen molar-refractivity contribution >= 4 is 35.5 Å². The number of nitrogens with two attached hydrogens (primary N) is 1. The van der Waals surface area contributed by atoms with Crippen LogP contribution < -0.4 is 21.7 Å². The highest BCUT2D eigenvalue weighted by atomic mass is 32.2. The summed E-state index contributed by atoms with van der Waals surface area (Å²) in [6.07, 6.45) is 3.09. The van der Waals surface area contributed by atoms with Crippen molar-refractivity contribution in [1.82, 2.24) is 16.0 Å². The highest BCUT2D eigenvalue weighted by Crippen LogP contribution is 2.12. The Morgan fingerprint density at radius 1 is 0.943 bits per heavy atom. The number of thioether (sulfide) groups is 1. The number of hydrogen-bond acceptors (Lipinski definition) is 6. The second-order valence-corrected chi connectivity index (χ2v) is 10.1. The molecule has 5 atom stereocenters. The van der Waals surface area contributed by atoms with Crippen LogP contribution in [0.15, 0.2) is 30.3 Å². The molecule has 1 aromatic carbocycles. The first-order valence-corrected chi connectivity index (χ1v) is 13.3. The number of nitrogens with one attached hydrogen (secondary N) is 3. The summed E-state index contributed by atoms with van der Waals surface area (Å²) in [6.45, 7) is 7.26. The van der Waals surface area contributed by atoms with Crippen LogP contribution >= 0.6 is 11.8 Å². The van der Waals surface area contributed by atoms with E-state index in [2.05, 4.69) is 16.0 Å². The summed E-state index contributed by atoms with van der Waals surface area (Å²) in [5.41, 5.74) is 6.71. The number of benzene rings is 1. The van der Waals surface area contributed by atoms with Crippen molar-refractivity contribution in [3.63, 3.8) is 0 Å². The zero-order valence-corrected chi connectivity index (χ0v) is 22.1. The molecule has 0 aliphatic carbocycles. The van der Waals surface area contributed by atoms with Crippen LogP contribution in [-0.2, 0) is 25.6 Å². The Balaban J connectivity index is 2.97. The first kappa shape index (κ1) is 30.4. The maximum absolute atomic E-state index is 13.1. The number of amides is 3. The molecule has 0 saturated heterocycles. The molecule has 0 bridgehead atoms. The van der Waals surface area contributed by atoms with Gasteiger partial charge in [0.05, 0.1) is 6.04 Å². The third-order valence-corrected chi connectivity index (χ3v) is 6.55. The lowest BCUT2D eigenvalue weighted by Gasteiger charge is -2.29. The molecule has 0 aromatic heterocycles. The maximum Gasteiger partial charge on any atom is 0.326 e. The van der Waals surface area contributed by atoms with E-state index in [1.807, 2.05) is 19.2 Å². The molecule has 1 aromatic rings. The Hall–Kier alpha value is -2.59. The van der Waals surface area contributed by atoms with E-state index < -0.39 is 47.9 Å². The molecule has 3 amide bonds. The first-order chi connectivity index (χ1) is 16.5. The minimum absolute atomic E-state index is 0.113. The Kier molecular flexibility index (Phi) is 13.4. The van der Waals surface area contributed by atoms with Crippen molar-refractivity contribution in [3.05, 3.63) is 35.9 Å². The number of carboxylic acids is 1.